The molecule has 0 bridgehead atoms. The van der Waals surface area contributed by atoms with Gasteiger partial charge in [0, 0.05) is 32.7 Å². The molecule has 0 aromatic carbocycles. The van der Waals surface area contributed by atoms with Crippen molar-refractivity contribution in [2.24, 2.45) is 5.92 Å². The molecule has 1 aliphatic rings. The Kier molecular flexibility index (Phi) is 5.03. The molecule has 1 aliphatic heterocycles. The van der Waals surface area contributed by atoms with Crippen LogP contribution in [0.3, 0.4) is 0 Å². The number of aromatic carboxylic acids is 1. The Balaban J connectivity index is 2.12. The molecule has 0 spiro atoms. The lowest BCUT2D eigenvalue weighted by Gasteiger charge is -2.34. The molecule has 0 unspecified atom stereocenters. The minimum absolute atomic E-state index is 0.0858. The van der Waals surface area contributed by atoms with Crippen molar-refractivity contribution in [3.8, 4) is 0 Å². The van der Waals surface area contributed by atoms with Crippen molar-refractivity contribution < 1.29 is 18.3 Å². The van der Waals surface area contributed by atoms with Crippen LogP contribution in [0.25, 0.3) is 0 Å². The summed E-state index contributed by atoms with van der Waals surface area (Å²) >= 11 is 0.942. The minimum atomic E-state index is -3.71. The van der Waals surface area contributed by atoms with Crippen LogP contribution in [0.4, 0.5) is 0 Å². The van der Waals surface area contributed by atoms with Gasteiger partial charge >= 0.3 is 5.97 Å². The van der Waals surface area contributed by atoms with E-state index >= 15 is 0 Å². The Morgan fingerprint density at radius 1 is 1.33 bits per heavy atom. The molecule has 2 rings (SSSR count). The maximum absolute atomic E-state index is 12.6. The number of piperazine rings is 1. The number of nitrogens with zero attached hydrogens (tertiary/aromatic N) is 2. The maximum Gasteiger partial charge on any atom is 0.347 e. The number of carboxylic acids is 1. The molecule has 0 aliphatic carbocycles. The zero-order valence-corrected chi connectivity index (χ0v) is 13.8. The first-order valence-electron chi connectivity index (χ1n) is 6.85. The third kappa shape index (κ3) is 3.63. The third-order valence-electron chi connectivity index (χ3n) is 3.40. The summed E-state index contributed by atoms with van der Waals surface area (Å²) in [6.45, 7) is 7.40. The lowest BCUT2D eigenvalue weighted by Crippen LogP contribution is -2.49. The molecule has 21 heavy (non-hydrogen) atoms. The van der Waals surface area contributed by atoms with Crippen LogP contribution < -0.4 is 0 Å². The number of carbonyl (C=O) groups is 1. The van der Waals surface area contributed by atoms with E-state index in [4.69, 9.17) is 5.11 Å². The van der Waals surface area contributed by atoms with Gasteiger partial charge in [0.2, 0.25) is 10.0 Å². The van der Waals surface area contributed by atoms with Gasteiger partial charge in [0.1, 0.15) is 9.77 Å². The number of hydrogen-bond donors (Lipinski definition) is 1. The highest BCUT2D eigenvalue weighted by atomic mass is 32.2. The number of hydrogen-bond acceptors (Lipinski definition) is 5. The largest absolute Gasteiger partial charge is 0.477 e. The minimum Gasteiger partial charge on any atom is -0.477 e. The Labute approximate surface area is 129 Å². The molecule has 0 amide bonds. The monoisotopic (exact) mass is 332 g/mol. The summed E-state index contributed by atoms with van der Waals surface area (Å²) < 4.78 is 26.5. The maximum atomic E-state index is 12.6. The topological polar surface area (TPSA) is 77.9 Å². The first kappa shape index (κ1) is 16.4. The molecule has 0 radical (unpaired) electrons. The van der Waals surface area contributed by atoms with Gasteiger partial charge in [-0.25, -0.2) is 13.2 Å². The van der Waals surface area contributed by atoms with Gasteiger partial charge in [-0.1, -0.05) is 13.8 Å². The van der Waals surface area contributed by atoms with Gasteiger partial charge < -0.3 is 10.0 Å². The summed E-state index contributed by atoms with van der Waals surface area (Å²) in [5.41, 5.74) is 0. The molecule has 0 saturated carbocycles. The highest BCUT2D eigenvalue weighted by molar-refractivity contribution is 7.89. The van der Waals surface area contributed by atoms with Gasteiger partial charge in [0.15, 0.2) is 0 Å². The van der Waals surface area contributed by atoms with E-state index in [1.54, 1.807) is 0 Å². The molecule has 118 valence electrons. The second kappa shape index (κ2) is 6.43. The van der Waals surface area contributed by atoms with E-state index in [1.165, 1.54) is 15.8 Å². The fourth-order valence-electron chi connectivity index (χ4n) is 2.46. The molecule has 1 N–H and O–H groups in total. The van der Waals surface area contributed by atoms with Crippen molar-refractivity contribution in [2.75, 3.05) is 32.7 Å². The van der Waals surface area contributed by atoms with Gasteiger partial charge in [-0.3, -0.25) is 0 Å². The average Bonchev–Trinajstić information content (AvgIpc) is 2.88. The van der Waals surface area contributed by atoms with Crippen LogP contribution in [-0.2, 0) is 10.0 Å². The second-order valence-corrected chi connectivity index (χ2v) is 8.34. The summed E-state index contributed by atoms with van der Waals surface area (Å²) in [5, 5.41) is 10.6. The average molecular weight is 332 g/mol. The Bertz CT molecular complexity index is 601. The van der Waals surface area contributed by atoms with Crippen molar-refractivity contribution in [2.45, 2.75) is 18.7 Å². The third-order valence-corrected chi connectivity index (χ3v) is 6.37. The number of thiophene rings is 1. The molecule has 1 fully saturated rings. The summed E-state index contributed by atoms with van der Waals surface area (Å²) in [6.07, 6.45) is 0. The lowest BCUT2D eigenvalue weighted by atomic mass is 10.2. The van der Waals surface area contributed by atoms with Crippen molar-refractivity contribution in [1.82, 2.24) is 9.21 Å². The van der Waals surface area contributed by atoms with Crippen LogP contribution in [0.15, 0.2) is 16.3 Å². The van der Waals surface area contributed by atoms with Crippen LogP contribution in [0.2, 0.25) is 0 Å². The summed E-state index contributed by atoms with van der Waals surface area (Å²) in [6, 6.07) is 1.38. The van der Waals surface area contributed by atoms with E-state index in [1.807, 2.05) is 0 Å². The lowest BCUT2D eigenvalue weighted by molar-refractivity contribution is 0.0698. The number of rotatable bonds is 5. The predicted octanol–water partition coefficient (Wildman–Crippen LogP) is 1.41. The Hall–Kier alpha value is -0.960. The van der Waals surface area contributed by atoms with E-state index in [9.17, 15) is 13.2 Å². The molecule has 6 nitrogen and oxygen atoms in total. The number of sulfonamides is 1. The molecule has 2 heterocycles. The summed E-state index contributed by atoms with van der Waals surface area (Å²) in [4.78, 5) is 13.1. The predicted molar refractivity (Wildman–Crippen MR) is 81.3 cm³/mol. The van der Waals surface area contributed by atoms with Gasteiger partial charge in [0.05, 0.1) is 0 Å². The van der Waals surface area contributed by atoms with Gasteiger partial charge in [-0.05, 0) is 17.4 Å². The number of carboxylic acid groups (broad SMARTS) is 1. The van der Waals surface area contributed by atoms with Crippen molar-refractivity contribution >= 4 is 27.3 Å². The van der Waals surface area contributed by atoms with Crippen molar-refractivity contribution in [1.29, 1.82) is 0 Å². The highest BCUT2D eigenvalue weighted by Crippen LogP contribution is 2.26. The van der Waals surface area contributed by atoms with Crippen LogP contribution in [0, 0.1) is 5.92 Å². The zero-order valence-electron chi connectivity index (χ0n) is 12.2. The molecule has 0 atom stereocenters. The van der Waals surface area contributed by atoms with Crippen molar-refractivity contribution in [3.05, 3.63) is 16.3 Å². The van der Waals surface area contributed by atoms with Gasteiger partial charge in [-0.2, -0.15) is 4.31 Å². The van der Waals surface area contributed by atoms with Crippen molar-refractivity contribution in [3.63, 3.8) is 0 Å². The normalized spacial score (nSPS) is 18.2. The van der Waals surface area contributed by atoms with Crippen LogP contribution in [0.1, 0.15) is 23.5 Å². The molecule has 8 heteroatoms. The quantitative estimate of drug-likeness (QED) is 0.882. The van der Waals surface area contributed by atoms with E-state index in [0.717, 1.165) is 17.9 Å². The molecule has 1 aromatic rings. The first-order chi connectivity index (χ1) is 9.82. The smallest absolute Gasteiger partial charge is 0.347 e. The zero-order chi connectivity index (χ0) is 15.6. The summed E-state index contributed by atoms with van der Waals surface area (Å²) in [5.74, 6) is -0.648. The standard InChI is InChI=1S/C13H20N2O4S2/c1-10(2)9-14-4-6-15(7-5-14)21(18,19)11-3-8-20-12(11)13(16)17/h3,8,10H,4-7,9H2,1-2H3,(H,16,17). The fraction of sp³-hybridized carbons (Fsp3) is 0.615. The van der Waals surface area contributed by atoms with Gasteiger partial charge in [-0.15, -0.1) is 11.3 Å². The van der Waals surface area contributed by atoms with Crippen LogP contribution in [-0.4, -0.2) is 61.4 Å². The summed E-state index contributed by atoms with van der Waals surface area (Å²) in [7, 11) is -3.71. The molecule has 1 saturated heterocycles. The van der Waals surface area contributed by atoms with E-state index in [0.29, 0.717) is 32.1 Å². The molecule has 1 aromatic heterocycles. The second-order valence-electron chi connectivity index (χ2n) is 5.52. The first-order valence-corrected chi connectivity index (χ1v) is 9.17. The van der Waals surface area contributed by atoms with E-state index in [-0.39, 0.29) is 9.77 Å². The van der Waals surface area contributed by atoms with Gasteiger partial charge in [0.25, 0.3) is 0 Å². The SMILES string of the molecule is CC(C)CN1CCN(S(=O)(=O)c2ccsc2C(=O)O)CC1. The van der Waals surface area contributed by atoms with Crippen LogP contribution in [0.5, 0.6) is 0 Å². The van der Waals surface area contributed by atoms with E-state index in [2.05, 4.69) is 18.7 Å². The molecular formula is C13H20N2O4S2. The molecular weight excluding hydrogens is 312 g/mol. The highest BCUT2D eigenvalue weighted by Gasteiger charge is 2.32. The Morgan fingerprint density at radius 3 is 2.48 bits per heavy atom. The van der Waals surface area contributed by atoms with E-state index < -0.39 is 16.0 Å². The van der Waals surface area contributed by atoms with Crippen LogP contribution >= 0.6 is 11.3 Å². The fourth-order valence-corrected chi connectivity index (χ4v) is 5.12. The Morgan fingerprint density at radius 2 is 1.95 bits per heavy atom.